The molecule has 1 saturated heterocycles. The number of hydrogen-bond acceptors (Lipinski definition) is 5. The molecule has 8 rings (SSSR count). The van der Waals surface area contributed by atoms with Crippen molar-refractivity contribution in [3.8, 4) is 0 Å². The van der Waals surface area contributed by atoms with Crippen molar-refractivity contribution in [2.24, 2.45) is 4.99 Å². The lowest BCUT2D eigenvalue weighted by Crippen LogP contribution is -2.56. The molecule has 3 aliphatic rings. The quantitative estimate of drug-likeness (QED) is 0.378. The smallest absolute Gasteiger partial charge is 0.343 e. The molecule has 0 radical (unpaired) electrons. The molecular weight excluding hydrogens is 446 g/mol. The molecule has 0 spiro atoms. The zero-order valence-corrected chi connectivity index (χ0v) is 18.9. The first-order valence-electron chi connectivity index (χ1n) is 11.5. The Bertz CT molecular complexity index is 1880. The van der Waals surface area contributed by atoms with E-state index >= 15 is 0 Å². The minimum atomic E-state index is -1.94. The highest BCUT2D eigenvalue weighted by Crippen LogP contribution is 2.57. The lowest BCUT2D eigenvalue weighted by atomic mass is 9.88. The summed E-state index contributed by atoms with van der Waals surface area (Å²) >= 11 is 0. The highest BCUT2D eigenvalue weighted by molar-refractivity contribution is 6.36. The number of nitrogens with zero attached hydrogens (tertiary/aromatic N) is 3. The molecule has 172 valence electrons. The molecule has 5 aromatic rings. The van der Waals surface area contributed by atoms with Gasteiger partial charge in [0, 0.05) is 39.7 Å². The monoisotopic (exact) mass is 465 g/mol. The first kappa shape index (κ1) is 19.3. The molecule has 1 amide bonds. The number of benzene rings is 3. The van der Waals surface area contributed by atoms with Crippen LogP contribution in [0.5, 0.6) is 0 Å². The van der Waals surface area contributed by atoms with Crippen LogP contribution in [0.15, 0.2) is 53.5 Å². The molecule has 0 unspecified atom stereocenters. The van der Waals surface area contributed by atoms with Crippen molar-refractivity contribution < 1.29 is 24.2 Å². The largest absolute Gasteiger partial charge is 0.467 e. The SMILES string of the molecule is COC(=O)[C@@]1(O)C[C@H]2O[C@]1(C)n1c3ccccc3c3c4c(c5c6ccccc6n2c5c31)C(=O)N=C4. The number of hydrogen-bond donors (Lipinski definition) is 1. The van der Waals surface area contributed by atoms with E-state index in [0.29, 0.717) is 5.56 Å². The highest BCUT2D eigenvalue weighted by atomic mass is 16.6. The number of aromatic nitrogens is 2. The summed E-state index contributed by atoms with van der Waals surface area (Å²) in [5.74, 6) is -1.02. The molecule has 1 fully saturated rings. The van der Waals surface area contributed by atoms with Gasteiger partial charge in [0.05, 0.1) is 34.7 Å². The van der Waals surface area contributed by atoms with E-state index in [9.17, 15) is 14.7 Å². The van der Waals surface area contributed by atoms with Crippen LogP contribution in [-0.2, 0) is 20.0 Å². The van der Waals surface area contributed by atoms with Gasteiger partial charge in [0.2, 0.25) is 5.60 Å². The van der Waals surface area contributed by atoms with E-state index in [1.165, 1.54) is 7.11 Å². The molecule has 2 aromatic heterocycles. The van der Waals surface area contributed by atoms with Crippen LogP contribution in [0.4, 0.5) is 0 Å². The summed E-state index contributed by atoms with van der Waals surface area (Å²) in [6.45, 7) is 1.74. The number of fused-ring (bicyclic) bond motifs is 13. The Kier molecular flexibility index (Phi) is 3.19. The van der Waals surface area contributed by atoms with Crippen LogP contribution in [0.1, 0.15) is 35.5 Å². The van der Waals surface area contributed by atoms with Gasteiger partial charge in [-0.1, -0.05) is 36.4 Å². The normalized spacial score (nSPS) is 26.5. The van der Waals surface area contributed by atoms with Gasteiger partial charge >= 0.3 is 5.97 Å². The van der Waals surface area contributed by atoms with Crippen molar-refractivity contribution in [2.75, 3.05) is 7.11 Å². The van der Waals surface area contributed by atoms with E-state index < -0.39 is 23.5 Å². The second kappa shape index (κ2) is 5.79. The van der Waals surface area contributed by atoms with Gasteiger partial charge in [-0.25, -0.2) is 9.79 Å². The van der Waals surface area contributed by atoms with Crippen LogP contribution in [-0.4, -0.2) is 45.0 Å². The number of aliphatic hydroxyl groups is 1. The first-order valence-corrected chi connectivity index (χ1v) is 11.5. The van der Waals surface area contributed by atoms with Gasteiger partial charge in [-0.15, -0.1) is 0 Å². The number of aliphatic imine (C=N–C) groups is 1. The van der Waals surface area contributed by atoms with Crippen LogP contribution < -0.4 is 0 Å². The van der Waals surface area contributed by atoms with Crippen molar-refractivity contribution in [2.45, 2.75) is 30.9 Å². The second-order valence-corrected chi connectivity index (χ2v) is 9.65. The number of rotatable bonds is 1. The van der Waals surface area contributed by atoms with E-state index in [-0.39, 0.29) is 12.3 Å². The summed E-state index contributed by atoms with van der Waals surface area (Å²) in [7, 11) is 1.27. The third-order valence-electron chi connectivity index (χ3n) is 8.16. The maximum absolute atomic E-state index is 13.1. The third kappa shape index (κ3) is 1.87. The van der Waals surface area contributed by atoms with Gasteiger partial charge < -0.3 is 23.7 Å². The average molecular weight is 465 g/mol. The molecule has 8 nitrogen and oxygen atoms in total. The van der Waals surface area contributed by atoms with Gasteiger partial charge in [0.25, 0.3) is 5.91 Å². The van der Waals surface area contributed by atoms with Gasteiger partial charge in [0.15, 0.2) is 5.72 Å². The summed E-state index contributed by atoms with van der Waals surface area (Å²) in [6, 6.07) is 15.6. The Morgan fingerprint density at radius 2 is 1.77 bits per heavy atom. The van der Waals surface area contributed by atoms with Gasteiger partial charge in [-0.2, -0.15) is 0 Å². The lowest BCUT2D eigenvalue weighted by Gasteiger charge is -2.37. The topological polar surface area (TPSA) is 95.0 Å². The predicted octanol–water partition coefficient (Wildman–Crippen LogP) is 3.98. The fourth-order valence-corrected chi connectivity index (χ4v) is 6.70. The number of esters is 1. The first-order chi connectivity index (χ1) is 16.9. The summed E-state index contributed by atoms with van der Waals surface area (Å²) in [6.07, 6.45) is 0.969. The fourth-order valence-electron chi connectivity index (χ4n) is 6.70. The fraction of sp³-hybridized carbons (Fsp3) is 0.222. The van der Waals surface area contributed by atoms with Crippen molar-refractivity contribution in [3.63, 3.8) is 0 Å². The molecule has 2 bridgehead atoms. The molecule has 3 aromatic carbocycles. The minimum Gasteiger partial charge on any atom is -0.467 e. The summed E-state index contributed by atoms with van der Waals surface area (Å²) < 4.78 is 15.7. The Balaban J connectivity index is 1.74. The number of carbonyl (C=O) groups excluding carboxylic acids is 2. The van der Waals surface area contributed by atoms with Crippen molar-refractivity contribution in [1.29, 1.82) is 0 Å². The van der Waals surface area contributed by atoms with Crippen LogP contribution in [0, 0.1) is 0 Å². The molecule has 5 heterocycles. The molecule has 35 heavy (non-hydrogen) atoms. The summed E-state index contributed by atoms with van der Waals surface area (Å²) in [5, 5.41) is 15.4. The van der Waals surface area contributed by atoms with Gasteiger partial charge in [-0.3, -0.25) is 4.79 Å². The van der Waals surface area contributed by atoms with Crippen LogP contribution in [0.3, 0.4) is 0 Å². The van der Waals surface area contributed by atoms with Crippen LogP contribution >= 0.6 is 0 Å². The number of para-hydroxylation sites is 2. The predicted molar refractivity (Wildman–Crippen MR) is 130 cm³/mol. The van der Waals surface area contributed by atoms with E-state index in [4.69, 9.17) is 9.47 Å². The minimum absolute atomic E-state index is 0.00107. The molecule has 1 N–H and O–H groups in total. The Hall–Kier alpha value is -4.01. The molecule has 3 aliphatic heterocycles. The number of carbonyl (C=O) groups is 2. The zero-order chi connectivity index (χ0) is 23.9. The Morgan fingerprint density at radius 3 is 2.51 bits per heavy atom. The molecule has 0 aliphatic carbocycles. The van der Waals surface area contributed by atoms with Gasteiger partial charge in [-0.05, 0) is 19.1 Å². The van der Waals surface area contributed by atoms with E-state index in [2.05, 4.69) is 4.99 Å². The van der Waals surface area contributed by atoms with Gasteiger partial charge in [0.1, 0.15) is 6.23 Å². The van der Waals surface area contributed by atoms with Crippen molar-refractivity contribution in [1.82, 2.24) is 9.13 Å². The van der Waals surface area contributed by atoms with E-state index in [0.717, 1.165) is 49.2 Å². The van der Waals surface area contributed by atoms with E-state index in [1.54, 1.807) is 13.1 Å². The maximum Gasteiger partial charge on any atom is 0.343 e. The molecule has 0 saturated carbocycles. The number of amides is 1. The number of methoxy groups -OCH3 is 1. The van der Waals surface area contributed by atoms with Crippen molar-refractivity contribution >= 4 is 61.7 Å². The standard InChI is InChI=1S/C27H19N3O5/c1-26-27(33,25(32)34-2)11-18(35-26)29-16-9-5-3-7-13(16)20-21-15(12-28-24(21)31)19-14-8-4-6-10-17(14)30(26)23(19)22(20)29/h3-10,12,18,33H,11H2,1-2H3/t18-,26+,27+/m1/s1. The Morgan fingerprint density at radius 1 is 1.09 bits per heavy atom. The molecule has 3 atom stereocenters. The molecular formula is C27H19N3O5. The third-order valence-corrected chi connectivity index (χ3v) is 8.16. The second-order valence-electron chi connectivity index (χ2n) is 9.65. The highest BCUT2D eigenvalue weighted by Gasteiger charge is 2.65. The summed E-state index contributed by atoms with van der Waals surface area (Å²) in [5.41, 5.74) is 1.20. The lowest BCUT2D eigenvalue weighted by molar-refractivity contribution is -0.202. The van der Waals surface area contributed by atoms with Crippen molar-refractivity contribution in [3.05, 3.63) is 59.7 Å². The summed E-state index contributed by atoms with van der Waals surface area (Å²) in [4.78, 5) is 30.4. The zero-order valence-electron chi connectivity index (χ0n) is 18.9. The van der Waals surface area contributed by atoms with Crippen LogP contribution in [0.25, 0.3) is 43.6 Å². The number of ether oxygens (including phenoxy) is 2. The maximum atomic E-state index is 13.1. The van der Waals surface area contributed by atoms with E-state index in [1.807, 2.05) is 57.7 Å². The van der Waals surface area contributed by atoms with Crippen LogP contribution in [0.2, 0.25) is 0 Å². The molecule has 8 heteroatoms. The average Bonchev–Trinajstić information content (AvgIpc) is 3.55. The Labute approximate surface area is 198 Å².